The molecule has 1 fully saturated rings. The van der Waals surface area contributed by atoms with Crippen LogP contribution in [0.15, 0.2) is 60.7 Å². The molecule has 0 aliphatic heterocycles. The number of fused-ring (bicyclic) bond motifs is 1. The lowest BCUT2D eigenvalue weighted by Crippen LogP contribution is -2.41. The zero-order valence-electron chi connectivity index (χ0n) is 15.1. The zero-order valence-corrected chi connectivity index (χ0v) is 15.1. The van der Waals surface area contributed by atoms with Gasteiger partial charge in [-0.2, -0.15) is 0 Å². The minimum absolute atomic E-state index is 0.0135. The monoisotopic (exact) mass is 344 g/mol. The molecular weight excluding hydrogens is 320 g/mol. The van der Waals surface area contributed by atoms with Gasteiger partial charge in [0.05, 0.1) is 16.8 Å². The topological polar surface area (TPSA) is 42.0 Å². The van der Waals surface area contributed by atoms with Crippen LogP contribution < -0.4 is 5.32 Å². The number of nitrogens with one attached hydrogen (secondary N) is 1. The summed E-state index contributed by atoms with van der Waals surface area (Å²) in [5, 5.41) is 4.20. The summed E-state index contributed by atoms with van der Waals surface area (Å²) in [5.74, 6) is 0.550. The molecule has 0 unspecified atom stereocenters. The number of hydrogen-bond donors (Lipinski definition) is 1. The Labute approximate surface area is 154 Å². The average Bonchev–Trinajstić information content (AvgIpc) is 2.69. The lowest BCUT2D eigenvalue weighted by Gasteiger charge is -2.29. The van der Waals surface area contributed by atoms with E-state index >= 15 is 0 Å². The molecule has 132 valence electrons. The van der Waals surface area contributed by atoms with E-state index in [1.54, 1.807) is 0 Å². The molecule has 2 aromatic carbocycles. The number of carbonyl (C=O) groups is 1. The van der Waals surface area contributed by atoms with Crippen LogP contribution in [0.2, 0.25) is 0 Å². The Balaban J connectivity index is 1.74. The predicted octanol–water partition coefficient (Wildman–Crippen LogP) is 5.21. The molecule has 3 aromatic rings. The fraction of sp³-hybridized carbons (Fsp3) is 0.304. The molecule has 1 aromatic heterocycles. The van der Waals surface area contributed by atoms with Gasteiger partial charge in [-0.25, -0.2) is 4.98 Å². The molecule has 0 saturated heterocycles. The first kappa shape index (κ1) is 16.8. The highest BCUT2D eigenvalue weighted by Gasteiger charge is 2.24. The number of benzene rings is 2. The van der Waals surface area contributed by atoms with Gasteiger partial charge in [0.25, 0.3) is 5.91 Å². The van der Waals surface area contributed by atoms with Gasteiger partial charge >= 0.3 is 0 Å². The summed E-state index contributed by atoms with van der Waals surface area (Å²) in [4.78, 5) is 17.9. The van der Waals surface area contributed by atoms with Crippen LogP contribution >= 0.6 is 0 Å². The van der Waals surface area contributed by atoms with Crippen molar-refractivity contribution in [2.24, 2.45) is 5.92 Å². The van der Waals surface area contributed by atoms with Gasteiger partial charge in [0, 0.05) is 17.0 Å². The quantitative estimate of drug-likeness (QED) is 0.708. The average molecular weight is 344 g/mol. The standard InChI is InChI=1S/C23H24N2O/c1-16-9-5-7-13-20(16)25-23(26)19-15-22(17-10-3-2-4-11-17)24-21-14-8-6-12-18(19)21/h2-4,6,8,10-12,14-16,20H,5,7,9,13H2,1H3,(H,25,26)/t16-,20-/m0/s1. The number of amides is 1. The van der Waals surface area contributed by atoms with E-state index in [9.17, 15) is 4.79 Å². The maximum atomic E-state index is 13.1. The fourth-order valence-corrected chi connectivity index (χ4v) is 3.90. The van der Waals surface area contributed by atoms with E-state index in [4.69, 9.17) is 4.98 Å². The van der Waals surface area contributed by atoms with Crippen molar-refractivity contribution >= 4 is 16.8 Å². The molecule has 0 bridgehead atoms. The molecule has 0 radical (unpaired) electrons. The molecule has 1 aliphatic carbocycles. The number of aromatic nitrogens is 1. The minimum Gasteiger partial charge on any atom is -0.349 e. The van der Waals surface area contributed by atoms with Crippen LogP contribution in [-0.2, 0) is 0 Å². The molecule has 3 heteroatoms. The summed E-state index contributed by atoms with van der Waals surface area (Å²) in [7, 11) is 0. The predicted molar refractivity (Wildman–Crippen MR) is 106 cm³/mol. The van der Waals surface area contributed by atoms with Crippen molar-refractivity contribution < 1.29 is 4.79 Å². The third-order valence-electron chi connectivity index (χ3n) is 5.46. The molecule has 0 spiro atoms. The molecule has 3 nitrogen and oxygen atoms in total. The third-order valence-corrected chi connectivity index (χ3v) is 5.46. The van der Waals surface area contributed by atoms with Gasteiger partial charge in [-0.05, 0) is 30.9 Å². The third kappa shape index (κ3) is 3.34. The number of para-hydroxylation sites is 1. The Bertz CT molecular complexity index is 920. The van der Waals surface area contributed by atoms with Crippen molar-refractivity contribution in [1.82, 2.24) is 10.3 Å². The lowest BCUT2D eigenvalue weighted by atomic mass is 9.85. The van der Waals surface area contributed by atoms with Crippen LogP contribution in [0.25, 0.3) is 22.2 Å². The second-order valence-corrected chi connectivity index (χ2v) is 7.28. The molecule has 1 N–H and O–H groups in total. The Kier molecular flexibility index (Phi) is 4.70. The second kappa shape index (κ2) is 7.28. The zero-order chi connectivity index (χ0) is 17.9. The van der Waals surface area contributed by atoms with Gasteiger partial charge in [0.1, 0.15) is 0 Å². The maximum absolute atomic E-state index is 13.1. The summed E-state index contributed by atoms with van der Waals surface area (Å²) < 4.78 is 0. The van der Waals surface area contributed by atoms with Crippen LogP contribution in [0.4, 0.5) is 0 Å². The number of pyridine rings is 1. The van der Waals surface area contributed by atoms with Crippen molar-refractivity contribution in [2.75, 3.05) is 0 Å². The van der Waals surface area contributed by atoms with E-state index in [0.717, 1.165) is 28.6 Å². The number of nitrogens with zero attached hydrogens (tertiary/aromatic N) is 1. The highest BCUT2D eigenvalue weighted by atomic mass is 16.1. The first-order chi connectivity index (χ1) is 12.7. The highest BCUT2D eigenvalue weighted by molar-refractivity contribution is 6.07. The van der Waals surface area contributed by atoms with Gasteiger partial charge in [0.15, 0.2) is 0 Å². The van der Waals surface area contributed by atoms with E-state index in [0.29, 0.717) is 11.5 Å². The van der Waals surface area contributed by atoms with Gasteiger partial charge in [-0.1, -0.05) is 68.3 Å². The molecule has 26 heavy (non-hydrogen) atoms. The molecule has 4 rings (SSSR count). The highest BCUT2D eigenvalue weighted by Crippen LogP contribution is 2.27. The lowest BCUT2D eigenvalue weighted by molar-refractivity contribution is 0.0912. The van der Waals surface area contributed by atoms with Crippen molar-refractivity contribution in [3.63, 3.8) is 0 Å². The summed E-state index contributed by atoms with van der Waals surface area (Å²) >= 11 is 0. The normalized spacial score (nSPS) is 20.0. The summed E-state index contributed by atoms with van der Waals surface area (Å²) in [6, 6.07) is 20.1. The van der Waals surface area contributed by atoms with Crippen molar-refractivity contribution in [2.45, 2.75) is 38.6 Å². The van der Waals surface area contributed by atoms with Gasteiger partial charge < -0.3 is 5.32 Å². The molecule has 2 atom stereocenters. The van der Waals surface area contributed by atoms with Crippen molar-refractivity contribution in [3.8, 4) is 11.3 Å². The van der Waals surface area contributed by atoms with Crippen LogP contribution in [0.1, 0.15) is 43.0 Å². The summed E-state index contributed by atoms with van der Waals surface area (Å²) in [5.41, 5.74) is 3.44. The summed E-state index contributed by atoms with van der Waals surface area (Å²) in [6.07, 6.45) is 4.73. The van der Waals surface area contributed by atoms with Gasteiger partial charge in [-0.15, -0.1) is 0 Å². The SMILES string of the molecule is C[C@H]1CCCC[C@@H]1NC(=O)c1cc(-c2ccccc2)nc2ccccc12. The van der Waals surface area contributed by atoms with E-state index in [1.165, 1.54) is 19.3 Å². The summed E-state index contributed by atoms with van der Waals surface area (Å²) in [6.45, 7) is 2.24. The van der Waals surface area contributed by atoms with E-state index in [2.05, 4.69) is 12.2 Å². The van der Waals surface area contributed by atoms with Crippen LogP contribution in [0.3, 0.4) is 0 Å². The largest absolute Gasteiger partial charge is 0.349 e. The van der Waals surface area contributed by atoms with Crippen LogP contribution in [0, 0.1) is 5.92 Å². The second-order valence-electron chi connectivity index (χ2n) is 7.28. The first-order valence-corrected chi connectivity index (χ1v) is 9.48. The number of carbonyl (C=O) groups excluding carboxylic acids is 1. The number of rotatable bonds is 3. The molecule has 1 aliphatic rings. The van der Waals surface area contributed by atoms with Crippen LogP contribution in [0.5, 0.6) is 0 Å². The van der Waals surface area contributed by atoms with Crippen molar-refractivity contribution in [1.29, 1.82) is 0 Å². The van der Waals surface area contributed by atoms with Gasteiger partial charge in [0.2, 0.25) is 0 Å². The Hall–Kier alpha value is -2.68. The van der Waals surface area contributed by atoms with E-state index in [1.807, 2.05) is 60.7 Å². The number of hydrogen-bond acceptors (Lipinski definition) is 2. The molecule has 1 heterocycles. The smallest absolute Gasteiger partial charge is 0.252 e. The fourth-order valence-electron chi connectivity index (χ4n) is 3.90. The maximum Gasteiger partial charge on any atom is 0.252 e. The Morgan fingerprint density at radius 3 is 2.54 bits per heavy atom. The molecule has 1 saturated carbocycles. The molecule has 1 amide bonds. The Morgan fingerprint density at radius 2 is 1.73 bits per heavy atom. The van der Waals surface area contributed by atoms with Crippen LogP contribution in [-0.4, -0.2) is 16.9 Å². The first-order valence-electron chi connectivity index (χ1n) is 9.48. The van der Waals surface area contributed by atoms with Gasteiger partial charge in [-0.3, -0.25) is 4.79 Å². The Morgan fingerprint density at radius 1 is 1.00 bits per heavy atom. The van der Waals surface area contributed by atoms with Crippen molar-refractivity contribution in [3.05, 3.63) is 66.2 Å². The molecular formula is C23H24N2O. The minimum atomic E-state index is 0.0135. The van der Waals surface area contributed by atoms with E-state index < -0.39 is 0 Å². The van der Waals surface area contributed by atoms with E-state index in [-0.39, 0.29) is 11.9 Å².